The Kier molecular flexibility index (Phi) is 3.99. The Labute approximate surface area is 152 Å². The molecule has 1 aromatic heterocycles. The van der Waals surface area contributed by atoms with E-state index in [0.717, 1.165) is 11.8 Å². The molecule has 4 bridgehead atoms. The van der Waals surface area contributed by atoms with Crippen LogP contribution in [0.3, 0.4) is 0 Å². The van der Waals surface area contributed by atoms with Gasteiger partial charge in [-0.3, -0.25) is 0 Å². The van der Waals surface area contributed by atoms with E-state index in [2.05, 4.69) is 9.97 Å². The highest BCUT2D eigenvalue weighted by Crippen LogP contribution is 2.54. The van der Waals surface area contributed by atoms with Gasteiger partial charge in [-0.2, -0.15) is 4.98 Å². The van der Waals surface area contributed by atoms with E-state index in [1.807, 2.05) is 4.90 Å². The Morgan fingerprint density at radius 1 is 1.12 bits per heavy atom. The van der Waals surface area contributed by atoms with Crippen molar-refractivity contribution < 1.29 is 19.4 Å². The third-order valence-electron chi connectivity index (χ3n) is 6.65. The molecular formula is C19H25N3O4. The van der Waals surface area contributed by atoms with Crippen LogP contribution in [0.5, 0.6) is 5.88 Å². The molecule has 2 heterocycles. The highest BCUT2D eigenvalue weighted by molar-refractivity contribution is 5.90. The third-order valence-corrected chi connectivity index (χ3v) is 6.65. The first kappa shape index (κ1) is 16.3. The summed E-state index contributed by atoms with van der Waals surface area (Å²) in [5.74, 6) is 2.56. The maximum atomic E-state index is 11.7. The van der Waals surface area contributed by atoms with Crippen LogP contribution in [0.1, 0.15) is 42.5 Å². The molecule has 0 unspecified atom stereocenters. The average molecular weight is 359 g/mol. The third kappa shape index (κ3) is 2.82. The Balaban J connectivity index is 1.42. The quantitative estimate of drug-likeness (QED) is 0.882. The minimum absolute atomic E-state index is 0.0656. The van der Waals surface area contributed by atoms with Crippen molar-refractivity contribution in [3.05, 3.63) is 11.8 Å². The van der Waals surface area contributed by atoms with E-state index in [9.17, 15) is 9.90 Å². The first-order chi connectivity index (χ1) is 12.7. The van der Waals surface area contributed by atoms with Crippen molar-refractivity contribution in [1.29, 1.82) is 0 Å². The van der Waals surface area contributed by atoms with Crippen molar-refractivity contribution in [1.82, 2.24) is 9.97 Å². The molecule has 7 nitrogen and oxygen atoms in total. The van der Waals surface area contributed by atoms with E-state index in [4.69, 9.17) is 9.47 Å². The number of aromatic nitrogens is 2. The van der Waals surface area contributed by atoms with Gasteiger partial charge in [-0.05, 0) is 55.8 Å². The first-order valence-electron chi connectivity index (χ1n) is 9.77. The topological polar surface area (TPSA) is 84.8 Å². The van der Waals surface area contributed by atoms with E-state index in [-0.39, 0.29) is 17.5 Å². The van der Waals surface area contributed by atoms with Gasteiger partial charge >= 0.3 is 5.97 Å². The number of carboxylic acid groups (broad SMARTS) is 1. The van der Waals surface area contributed by atoms with Crippen LogP contribution in [0.25, 0.3) is 0 Å². The van der Waals surface area contributed by atoms with Gasteiger partial charge in [-0.15, -0.1) is 0 Å². The van der Waals surface area contributed by atoms with Crippen molar-refractivity contribution in [2.24, 2.45) is 23.7 Å². The van der Waals surface area contributed by atoms with Gasteiger partial charge in [0, 0.05) is 13.1 Å². The second kappa shape index (κ2) is 6.37. The highest BCUT2D eigenvalue weighted by atomic mass is 16.5. The molecule has 0 radical (unpaired) electrons. The molecule has 1 aliphatic heterocycles. The second-order valence-corrected chi connectivity index (χ2v) is 8.31. The number of ether oxygens (including phenoxy) is 2. The summed E-state index contributed by atoms with van der Waals surface area (Å²) in [6.07, 6.45) is 7.78. The van der Waals surface area contributed by atoms with Crippen LogP contribution in [0.4, 0.5) is 5.95 Å². The lowest BCUT2D eigenvalue weighted by atomic mass is 9.55. The SMILES string of the molecule is O=C(O)c1cnc(N2CCOCC2)nc1OC1C2CC3CC(C2)CC1C3. The van der Waals surface area contributed by atoms with Gasteiger partial charge in [0.2, 0.25) is 11.8 Å². The predicted molar refractivity (Wildman–Crippen MR) is 93.5 cm³/mol. The number of morpholine rings is 1. The van der Waals surface area contributed by atoms with E-state index >= 15 is 0 Å². The molecule has 4 aliphatic carbocycles. The van der Waals surface area contributed by atoms with Gasteiger partial charge in [-0.25, -0.2) is 9.78 Å². The fourth-order valence-corrected chi connectivity index (χ4v) is 5.71. The molecule has 1 saturated heterocycles. The van der Waals surface area contributed by atoms with Gasteiger partial charge in [0.15, 0.2) is 0 Å². The molecule has 0 aromatic carbocycles. The molecule has 1 N–H and O–H groups in total. The molecule has 0 spiro atoms. The van der Waals surface area contributed by atoms with Crippen LogP contribution in [0, 0.1) is 23.7 Å². The van der Waals surface area contributed by atoms with Crippen molar-refractivity contribution in [3.8, 4) is 5.88 Å². The lowest BCUT2D eigenvalue weighted by molar-refractivity contribution is -0.0807. The standard InChI is InChI=1S/C19H25N3O4/c23-18(24)15-10-20-19(22-1-3-25-4-2-22)21-17(15)26-16-13-6-11-5-12(8-13)9-14(16)7-11/h10-14,16H,1-9H2,(H,23,24). The molecule has 4 saturated carbocycles. The molecule has 140 valence electrons. The first-order valence-corrected chi connectivity index (χ1v) is 9.77. The van der Waals surface area contributed by atoms with Crippen LogP contribution >= 0.6 is 0 Å². The number of hydrogen-bond acceptors (Lipinski definition) is 6. The minimum atomic E-state index is -1.03. The molecule has 5 aliphatic rings. The van der Waals surface area contributed by atoms with Crippen LogP contribution in [-0.2, 0) is 4.74 Å². The van der Waals surface area contributed by atoms with Crippen LogP contribution in [-0.4, -0.2) is 53.5 Å². The zero-order valence-corrected chi connectivity index (χ0v) is 14.8. The molecule has 0 amide bonds. The number of carbonyl (C=O) groups is 1. The predicted octanol–water partition coefficient (Wildman–Crippen LogP) is 2.21. The summed E-state index contributed by atoms with van der Waals surface area (Å²) in [6.45, 7) is 2.69. The zero-order chi connectivity index (χ0) is 17.7. The summed E-state index contributed by atoms with van der Waals surface area (Å²) in [6, 6.07) is 0. The molecule has 5 fully saturated rings. The molecular weight excluding hydrogens is 334 g/mol. The van der Waals surface area contributed by atoms with Crippen LogP contribution < -0.4 is 9.64 Å². The minimum Gasteiger partial charge on any atom is -0.477 e. The largest absolute Gasteiger partial charge is 0.477 e. The molecule has 6 rings (SSSR count). The van der Waals surface area contributed by atoms with Gasteiger partial charge in [-0.1, -0.05) is 0 Å². The van der Waals surface area contributed by atoms with Crippen LogP contribution in [0.15, 0.2) is 6.20 Å². The summed E-state index contributed by atoms with van der Waals surface area (Å²) >= 11 is 0. The second-order valence-electron chi connectivity index (χ2n) is 8.31. The van der Waals surface area contributed by atoms with E-state index in [0.29, 0.717) is 44.1 Å². The smallest absolute Gasteiger partial charge is 0.342 e. The maximum absolute atomic E-state index is 11.7. The molecule has 0 atom stereocenters. The van der Waals surface area contributed by atoms with Gasteiger partial charge in [0.25, 0.3) is 0 Å². The summed E-state index contributed by atoms with van der Waals surface area (Å²) in [4.78, 5) is 22.5. The fraction of sp³-hybridized carbons (Fsp3) is 0.737. The lowest BCUT2D eigenvalue weighted by Crippen LogP contribution is -2.51. The molecule has 26 heavy (non-hydrogen) atoms. The van der Waals surface area contributed by atoms with Gasteiger partial charge in [0.1, 0.15) is 11.7 Å². The number of aromatic carboxylic acids is 1. The van der Waals surface area contributed by atoms with E-state index < -0.39 is 5.97 Å². The zero-order valence-electron chi connectivity index (χ0n) is 14.8. The summed E-state index contributed by atoms with van der Waals surface area (Å²) in [5.41, 5.74) is 0.0656. The highest BCUT2D eigenvalue weighted by Gasteiger charge is 2.49. The number of nitrogens with zero attached hydrogens (tertiary/aromatic N) is 3. The average Bonchev–Trinajstić information content (AvgIpc) is 2.64. The van der Waals surface area contributed by atoms with E-state index in [1.54, 1.807) is 0 Å². The lowest BCUT2D eigenvalue weighted by Gasteiger charge is -2.53. The normalized spacial score (nSPS) is 35.5. The maximum Gasteiger partial charge on any atom is 0.342 e. The van der Waals surface area contributed by atoms with Crippen LogP contribution in [0.2, 0.25) is 0 Å². The Bertz CT molecular complexity index is 676. The van der Waals surface area contributed by atoms with Gasteiger partial charge in [0.05, 0.1) is 19.4 Å². The summed E-state index contributed by atoms with van der Waals surface area (Å²) in [5, 5.41) is 9.55. The van der Waals surface area contributed by atoms with Crippen molar-refractivity contribution in [2.75, 3.05) is 31.2 Å². The Morgan fingerprint density at radius 2 is 1.77 bits per heavy atom. The van der Waals surface area contributed by atoms with Crippen molar-refractivity contribution in [2.45, 2.75) is 38.2 Å². The van der Waals surface area contributed by atoms with Crippen molar-refractivity contribution in [3.63, 3.8) is 0 Å². The van der Waals surface area contributed by atoms with E-state index in [1.165, 1.54) is 38.3 Å². The number of rotatable bonds is 4. The summed E-state index contributed by atoms with van der Waals surface area (Å²) in [7, 11) is 0. The Hall–Kier alpha value is -1.89. The van der Waals surface area contributed by atoms with Gasteiger partial charge < -0.3 is 19.5 Å². The fourth-order valence-electron chi connectivity index (χ4n) is 5.71. The number of anilines is 1. The molecule has 7 heteroatoms. The monoisotopic (exact) mass is 359 g/mol. The molecule has 1 aromatic rings. The summed E-state index contributed by atoms with van der Waals surface area (Å²) < 4.78 is 11.7. The van der Waals surface area contributed by atoms with Crippen molar-refractivity contribution >= 4 is 11.9 Å². The number of hydrogen-bond donors (Lipinski definition) is 1. The Morgan fingerprint density at radius 3 is 2.38 bits per heavy atom. The number of carboxylic acids is 1.